The zero-order chi connectivity index (χ0) is 38.7. The van der Waals surface area contributed by atoms with Crippen LogP contribution in [0.25, 0.3) is 0 Å². The Morgan fingerprint density at radius 1 is 0.456 bits per heavy atom. The first-order chi connectivity index (χ1) is 28.2. The summed E-state index contributed by atoms with van der Waals surface area (Å²) in [6.45, 7) is 1.73. The number of rotatable bonds is 17. The number of methoxy groups -OCH3 is 1. The molecule has 298 valence electrons. The van der Waals surface area contributed by atoms with Gasteiger partial charge in [0, 0.05) is 12.7 Å². The molecule has 3 aliphatic rings. The van der Waals surface area contributed by atoms with Crippen LogP contribution < -0.4 is 0 Å². The summed E-state index contributed by atoms with van der Waals surface area (Å²) in [6, 6.07) is 50.0. The average molecular weight is 775 g/mol. The van der Waals surface area contributed by atoms with Crippen molar-refractivity contribution in [2.75, 3.05) is 20.3 Å². The molecule has 3 saturated heterocycles. The van der Waals surface area contributed by atoms with Crippen molar-refractivity contribution in [1.82, 2.24) is 0 Å². The van der Waals surface area contributed by atoms with Gasteiger partial charge in [-0.25, -0.2) is 0 Å². The van der Waals surface area contributed by atoms with Crippen molar-refractivity contribution >= 4 is 0 Å². The first-order valence-corrected chi connectivity index (χ1v) is 19.6. The maximum Gasteiger partial charge on any atom is 0.187 e. The van der Waals surface area contributed by atoms with Crippen LogP contribution in [0.1, 0.15) is 34.1 Å². The van der Waals surface area contributed by atoms with E-state index in [-0.39, 0.29) is 6.61 Å². The standard InChI is InChI=1S/C47H50O10/c1-48-46-44(52-30-36-23-13-5-14-24-36)42(50-28-34-19-9-3-10-20-34)40(49-27-33-17-7-2-8-18-33)38(55-46)31-54-47-43(51-29-35-21-11-4-12-22-35)41-39(56-47)32-53-45(57-41)37-25-15-6-16-26-37/h2-26,38-47H,27-32H2,1H3/t38-,39-,40-,41-,42+,43+,44-,45-,46+,47-/m1/s1. The van der Waals surface area contributed by atoms with Crippen molar-refractivity contribution in [3.63, 3.8) is 0 Å². The van der Waals surface area contributed by atoms with Gasteiger partial charge < -0.3 is 47.4 Å². The molecule has 10 atom stereocenters. The summed E-state index contributed by atoms with van der Waals surface area (Å²) < 4.78 is 65.4. The minimum absolute atomic E-state index is 0.0776. The predicted octanol–water partition coefficient (Wildman–Crippen LogP) is 7.56. The van der Waals surface area contributed by atoms with Gasteiger partial charge in [0.25, 0.3) is 0 Å². The maximum atomic E-state index is 6.79. The van der Waals surface area contributed by atoms with Gasteiger partial charge in [-0.3, -0.25) is 0 Å². The molecular weight excluding hydrogens is 725 g/mol. The smallest absolute Gasteiger partial charge is 0.187 e. The molecule has 0 aliphatic carbocycles. The first-order valence-electron chi connectivity index (χ1n) is 19.6. The summed E-state index contributed by atoms with van der Waals surface area (Å²) in [5.41, 5.74) is 5.00. The second-order valence-electron chi connectivity index (χ2n) is 14.4. The molecule has 0 saturated carbocycles. The second-order valence-corrected chi connectivity index (χ2v) is 14.4. The van der Waals surface area contributed by atoms with Crippen LogP contribution in [0.5, 0.6) is 0 Å². The minimum Gasteiger partial charge on any atom is -0.368 e. The maximum absolute atomic E-state index is 6.79. The Bertz CT molecular complexity index is 1890. The number of ether oxygens (including phenoxy) is 10. The van der Waals surface area contributed by atoms with Crippen LogP contribution >= 0.6 is 0 Å². The number of fused-ring (bicyclic) bond motifs is 1. The van der Waals surface area contributed by atoms with Crippen LogP contribution in [0.2, 0.25) is 0 Å². The lowest BCUT2D eigenvalue weighted by atomic mass is 9.97. The van der Waals surface area contributed by atoms with Crippen molar-refractivity contribution in [2.24, 2.45) is 0 Å². The van der Waals surface area contributed by atoms with E-state index in [1.807, 2.05) is 152 Å². The highest BCUT2D eigenvalue weighted by Crippen LogP contribution is 2.38. The van der Waals surface area contributed by atoms with Gasteiger partial charge in [0.15, 0.2) is 18.9 Å². The lowest BCUT2D eigenvalue weighted by molar-refractivity contribution is -0.328. The monoisotopic (exact) mass is 774 g/mol. The van der Waals surface area contributed by atoms with Gasteiger partial charge in [-0.1, -0.05) is 152 Å². The lowest BCUT2D eigenvalue weighted by Crippen LogP contribution is -2.61. The third kappa shape index (κ3) is 10.2. The highest BCUT2D eigenvalue weighted by molar-refractivity contribution is 5.18. The largest absolute Gasteiger partial charge is 0.368 e. The van der Waals surface area contributed by atoms with Crippen molar-refractivity contribution < 1.29 is 47.4 Å². The number of hydrogen-bond donors (Lipinski definition) is 0. The first kappa shape index (κ1) is 39.5. The number of benzene rings is 5. The van der Waals surface area contributed by atoms with E-state index in [2.05, 4.69) is 0 Å². The highest BCUT2D eigenvalue weighted by Gasteiger charge is 2.53. The van der Waals surface area contributed by atoms with Gasteiger partial charge >= 0.3 is 0 Å². The molecule has 10 nitrogen and oxygen atoms in total. The Kier molecular flexibility index (Phi) is 13.8. The van der Waals surface area contributed by atoms with E-state index in [9.17, 15) is 0 Å². The molecule has 10 heteroatoms. The van der Waals surface area contributed by atoms with E-state index in [0.717, 1.165) is 27.8 Å². The van der Waals surface area contributed by atoms with Gasteiger partial charge in [-0.2, -0.15) is 0 Å². The minimum atomic E-state index is -0.794. The Morgan fingerprint density at radius 3 is 1.42 bits per heavy atom. The van der Waals surface area contributed by atoms with E-state index in [4.69, 9.17) is 47.4 Å². The van der Waals surface area contributed by atoms with Gasteiger partial charge in [0.05, 0.1) is 39.6 Å². The molecule has 0 aromatic heterocycles. The molecule has 3 aliphatic heterocycles. The highest BCUT2D eigenvalue weighted by atomic mass is 16.8. The molecule has 8 rings (SSSR count). The lowest BCUT2D eigenvalue weighted by Gasteiger charge is -2.45. The van der Waals surface area contributed by atoms with Crippen molar-refractivity contribution in [1.29, 1.82) is 0 Å². The number of hydrogen-bond acceptors (Lipinski definition) is 10. The SMILES string of the molecule is CO[C@H]1O[C@H](CO[C@@H]2O[C@@H]3CO[C@@H](c4ccccc4)O[C@H]3[C@@H]2OCc2ccccc2)[C@@H](OCc2ccccc2)[C@H](OCc2ccccc2)[C@H]1OCc1ccccc1. The molecule has 0 unspecified atom stereocenters. The third-order valence-corrected chi connectivity index (χ3v) is 10.4. The summed E-state index contributed by atoms with van der Waals surface area (Å²) in [5.74, 6) is 0. The van der Waals surface area contributed by atoms with E-state index in [1.165, 1.54) is 0 Å². The Morgan fingerprint density at radius 2 is 0.912 bits per heavy atom. The molecule has 3 heterocycles. The molecule has 0 amide bonds. The molecule has 57 heavy (non-hydrogen) atoms. The fourth-order valence-electron chi connectivity index (χ4n) is 7.48. The summed E-state index contributed by atoms with van der Waals surface area (Å²) in [6.07, 6.45) is -6.08. The van der Waals surface area contributed by atoms with Crippen LogP contribution in [0.4, 0.5) is 0 Å². The van der Waals surface area contributed by atoms with Crippen LogP contribution in [0.15, 0.2) is 152 Å². The Hall–Kier alpha value is -4.30. The molecule has 0 spiro atoms. The van der Waals surface area contributed by atoms with E-state index >= 15 is 0 Å². The molecule has 0 bridgehead atoms. The van der Waals surface area contributed by atoms with Gasteiger partial charge in [-0.05, 0) is 22.3 Å². The fraction of sp³-hybridized carbons (Fsp3) is 0.362. The van der Waals surface area contributed by atoms with Crippen LogP contribution in [0.3, 0.4) is 0 Å². The Balaban J connectivity index is 1.05. The topological polar surface area (TPSA) is 92.3 Å². The third-order valence-electron chi connectivity index (χ3n) is 10.4. The summed E-state index contributed by atoms with van der Waals surface area (Å²) in [4.78, 5) is 0. The summed E-state index contributed by atoms with van der Waals surface area (Å²) in [5, 5.41) is 0. The molecule has 0 N–H and O–H groups in total. The van der Waals surface area contributed by atoms with Crippen molar-refractivity contribution in [2.45, 2.75) is 88.0 Å². The second kappa shape index (κ2) is 19.9. The van der Waals surface area contributed by atoms with Crippen LogP contribution in [-0.4, -0.2) is 75.6 Å². The van der Waals surface area contributed by atoms with E-state index in [0.29, 0.717) is 33.0 Å². The molecular formula is C47H50O10. The van der Waals surface area contributed by atoms with Crippen molar-refractivity contribution in [3.8, 4) is 0 Å². The van der Waals surface area contributed by atoms with Gasteiger partial charge in [0.2, 0.25) is 0 Å². The van der Waals surface area contributed by atoms with Crippen molar-refractivity contribution in [3.05, 3.63) is 179 Å². The van der Waals surface area contributed by atoms with Crippen LogP contribution in [0, 0.1) is 0 Å². The predicted molar refractivity (Wildman–Crippen MR) is 210 cm³/mol. The molecule has 5 aromatic carbocycles. The fourth-order valence-corrected chi connectivity index (χ4v) is 7.48. The van der Waals surface area contributed by atoms with E-state index in [1.54, 1.807) is 7.11 Å². The quantitative estimate of drug-likeness (QED) is 0.0944. The van der Waals surface area contributed by atoms with E-state index < -0.39 is 61.6 Å². The summed E-state index contributed by atoms with van der Waals surface area (Å²) in [7, 11) is 1.61. The van der Waals surface area contributed by atoms with Gasteiger partial charge in [-0.15, -0.1) is 0 Å². The molecule has 5 aromatic rings. The zero-order valence-electron chi connectivity index (χ0n) is 32.0. The zero-order valence-corrected chi connectivity index (χ0v) is 32.0. The van der Waals surface area contributed by atoms with Gasteiger partial charge in [0.1, 0.15) is 42.7 Å². The molecule has 0 radical (unpaired) electrons. The van der Waals surface area contributed by atoms with Crippen LogP contribution in [-0.2, 0) is 73.8 Å². The average Bonchev–Trinajstić information content (AvgIpc) is 3.63. The Labute approximate surface area is 334 Å². The normalized spacial score (nSPS) is 28.5. The summed E-state index contributed by atoms with van der Waals surface area (Å²) >= 11 is 0. The molecule has 3 fully saturated rings.